The highest BCUT2D eigenvalue weighted by Crippen LogP contribution is 2.22. The van der Waals surface area contributed by atoms with E-state index >= 15 is 0 Å². The van der Waals surface area contributed by atoms with Crippen LogP contribution < -0.4 is 0 Å². The summed E-state index contributed by atoms with van der Waals surface area (Å²) in [7, 11) is 2.17. The van der Waals surface area contributed by atoms with Crippen LogP contribution in [0.2, 0.25) is 0 Å². The molecule has 18 heavy (non-hydrogen) atoms. The molecule has 4 heteroatoms. The van der Waals surface area contributed by atoms with Gasteiger partial charge < -0.3 is 4.52 Å². The van der Waals surface area contributed by atoms with Crippen LogP contribution in [0.15, 0.2) is 4.52 Å². The molecule has 0 N–H and O–H groups in total. The van der Waals surface area contributed by atoms with Gasteiger partial charge in [0.15, 0.2) is 5.82 Å². The molecule has 0 bridgehead atoms. The van der Waals surface area contributed by atoms with Crippen LogP contribution in [0.1, 0.15) is 63.6 Å². The molecule has 4 nitrogen and oxygen atoms in total. The van der Waals surface area contributed by atoms with Crippen molar-refractivity contribution in [3.63, 3.8) is 0 Å². The molecule has 0 atom stereocenters. The molecule has 1 aromatic heterocycles. The first-order chi connectivity index (χ1) is 8.79. The lowest BCUT2D eigenvalue weighted by Gasteiger charge is -2.29. The van der Waals surface area contributed by atoms with Crippen molar-refractivity contribution in [3.8, 4) is 0 Å². The van der Waals surface area contributed by atoms with E-state index in [1.165, 1.54) is 38.5 Å². The lowest BCUT2D eigenvalue weighted by Crippen LogP contribution is -2.32. The van der Waals surface area contributed by atoms with Crippen LogP contribution in [-0.4, -0.2) is 28.1 Å². The summed E-state index contributed by atoms with van der Waals surface area (Å²) >= 11 is 0. The fraction of sp³-hybridized carbons (Fsp3) is 0.857. The minimum absolute atomic E-state index is 0.699. The van der Waals surface area contributed by atoms with Gasteiger partial charge in [0.1, 0.15) is 0 Å². The molecule has 1 aliphatic rings. The third kappa shape index (κ3) is 3.80. The molecular weight excluding hydrogens is 226 g/mol. The van der Waals surface area contributed by atoms with E-state index in [0.717, 1.165) is 31.1 Å². The molecule has 1 heterocycles. The van der Waals surface area contributed by atoms with E-state index in [4.69, 9.17) is 4.52 Å². The van der Waals surface area contributed by atoms with Gasteiger partial charge in [-0.15, -0.1) is 0 Å². The Labute approximate surface area is 110 Å². The fourth-order valence-electron chi connectivity index (χ4n) is 2.66. The van der Waals surface area contributed by atoms with E-state index in [2.05, 4.69) is 29.0 Å². The van der Waals surface area contributed by atoms with Crippen LogP contribution in [-0.2, 0) is 13.0 Å². The number of hydrogen-bond donors (Lipinski definition) is 0. The Morgan fingerprint density at radius 3 is 2.78 bits per heavy atom. The second-order valence-electron chi connectivity index (χ2n) is 5.41. The molecule has 0 spiro atoms. The topological polar surface area (TPSA) is 42.2 Å². The van der Waals surface area contributed by atoms with Crippen LogP contribution in [0.3, 0.4) is 0 Å². The Kier molecular flexibility index (Phi) is 5.17. The SMILES string of the molecule is CCCCc1noc(CN(C)C2CCCCC2)n1. The van der Waals surface area contributed by atoms with E-state index in [1.807, 2.05) is 0 Å². The highest BCUT2D eigenvalue weighted by Gasteiger charge is 2.19. The van der Waals surface area contributed by atoms with Crippen molar-refractivity contribution in [1.29, 1.82) is 0 Å². The minimum Gasteiger partial charge on any atom is -0.338 e. The quantitative estimate of drug-likeness (QED) is 0.778. The number of hydrogen-bond acceptors (Lipinski definition) is 4. The molecule has 0 unspecified atom stereocenters. The van der Waals surface area contributed by atoms with Crippen LogP contribution in [0, 0.1) is 0 Å². The Balaban J connectivity index is 1.82. The van der Waals surface area contributed by atoms with Gasteiger partial charge in [-0.25, -0.2) is 0 Å². The number of nitrogens with zero attached hydrogens (tertiary/aromatic N) is 3. The van der Waals surface area contributed by atoms with Gasteiger partial charge in [-0.3, -0.25) is 4.90 Å². The second kappa shape index (κ2) is 6.88. The first-order valence-corrected chi connectivity index (χ1v) is 7.31. The van der Waals surface area contributed by atoms with E-state index in [9.17, 15) is 0 Å². The Bertz CT molecular complexity index is 345. The van der Waals surface area contributed by atoms with Crippen LogP contribution >= 0.6 is 0 Å². The van der Waals surface area contributed by atoms with Crippen molar-refractivity contribution in [2.45, 2.75) is 70.9 Å². The van der Waals surface area contributed by atoms with Gasteiger partial charge in [-0.1, -0.05) is 37.8 Å². The fourth-order valence-corrected chi connectivity index (χ4v) is 2.66. The Hall–Kier alpha value is -0.900. The van der Waals surface area contributed by atoms with Gasteiger partial charge in [0.05, 0.1) is 6.54 Å². The largest absolute Gasteiger partial charge is 0.338 e. The van der Waals surface area contributed by atoms with Crippen LogP contribution in [0.4, 0.5) is 0 Å². The van der Waals surface area contributed by atoms with Gasteiger partial charge in [0, 0.05) is 12.5 Å². The molecule has 0 radical (unpaired) electrons. The normalized spacial score (nSPS) is 17.5. The molecule has 0 amide bonds. The predicted molar refractivity (Wildman–Crippen MR) is 71.3 cm³/mol. The van der Waals surface area contributed by atoms with Crippen molar-refractivity contribution in [1.82, 2.24) is 15.0 Å². The summed E-state index contributed by atoms with van der Waals surface area (Å²) in [6, 6.07) is 0.699. The number of rotatable bonds is 6. The summed E-state index contributed by atoms with van der Waals surface area (Å²) in [4.78, 5) is 6.83. The first kappa shape index (κ1) is 13.5. The van der Waals surface area contributed by atoms with Crippen molar-refractivity contribution in [3.05, 3.63) is 11.7 Å². The molecule has 0 aromatic carbocycles. The van der Waals surface area contributed by atoms with Gasteiger partial charge in [-0.2, -0.15) is 4.98 Å². The molecule has 1 aliphatic carbocycles. The zero-order chi connectivity index (χ0) is 12.8. The summed E-state index contributed by atoms with van der Waals surface area (Å²) in [5, 5.41) is 4.04. The highest BCUT2D eigenvalue weighted by atomic mass is 16.5. The average Bonchev–Trinajstić information content (AvgIpc) is 2.85. The molecule has 1 aromatic rings. The molecule has 0 saturated heterocycles. The maximum atomic E-state index is 5.32. The Morgan fingerprint density at radius 2 is 2.06 bits per heavy atom. The van der Waals surface area contributed by atoms with Crippen molar-refractivity contribution < 1.29 is 4.52 Å². The van der Waals surface area contributed by atoms with Crippen molar-refractivity contribution in [2.24, 2.45) is 0 Å². The zero-order valence-electron chi connectivity index (χ0n) is 11.7. The highest BCUT2D eigenvalue weighted by molar-refractivity contribution is 4.87. The van der Waals surface area contributed by atoms with Crippen LogP contribution in [0.5, 0.6) is 0 Å². The number of unbranched alkanes of at least 4 members (excludes halogenated alkanes) is 1. The van der Waals surface area contributed by atoms with Gasteiger partial charge in [-0.05, 0) is 26.3 Å². The summed E-state index contributed by atoms with van der Waals surface area (Å²) in [5.41, 5.74) is 0. The van der Waals surface area contributed by atoms with Gasteiger partial charge >= 0.3 is 0 Å². The lowest BCUT2D eigenvalue weighted by atomic mass is 9.94. The third-order valence-electron chi connectivity index (χ3n) is 3.85. The summed E-state index contributed by atoms with van der Waals surface area (Å²) in [6.07, 6.45) is 9.99. The summed E-state index contributed by atoms with van der Waals surface area (Å²) in [6.45, 7) is 2.97. The summed E-state index contributed by atoms with van der Waals surface area (Å²) in [5.74, 6) is 1.64. The molecule has 1 fully saturated rings. The van der Waals surface area contributed by atoms with Gasteiger partial charge in [0.25, 0.3) is 0 Å². The standard InChI is InChI=1S/C14H25N3O/c1-3-4-10-13-15-14(18-16-13)11-17(2)12-8-6-5-7-9-12/h12H,3-11H2,1-2H3. The maximum absolute atomic E-state index is 5.32. The van der Waals surface area contributed by atoms with Crippen molar-refractivity contribution in [2.75, 3.05) is 7.05 Å². The number of aromatic nitrogens is 2. The lowest BCUT2D eigenvalue weighted by molar-refractivity contribution is 0.165. The van der Waals surface area contributed by atoms with Crippen LogP contribution in [0.25, 0.3) is 0 Å². The van der Waals surface area contributed by atoms with Gasteiger partial charge in [0.2, 0.25) is 5.89 Å². The first-order valence-electron chi connectivity index (χ1n) is 7.31. The molecule has 2 rings (SSSR count). The maximum Gasteiger partial charge on any atom is 0.240 e. The molecule has 0 aliphatic heterocycles. The predicted octanol–water partition coefficient (Wildman–Crippen LogP) is 3.18. The smallest absolute Gasteiger partial charge is 0.240 e. The second-order valence-corrected chi connectivity index (χ2v) is 5.41. The van der Waals surface area contributed by atoms with E-state index in [0.29, 0.717) is 6.04 Å². The third-order valence-corrected chi connectivity index (χ3v) is 3.85. The summed E-state index contributed by atoms with van der Waals surface area (Å²) < 4.78 is 5.32. The van der Waals surface area contributed by atoms with E-state index < -0.39 is 0 Å². The van der Waals surface area contributed by atoms with Crippen molar-refractivity contribution >= 4 is 0 Å². The van der Waals surface area contributed by atoms with E-state index in [1.54, 1.807) is 0 Å². The Morgan fingerprint density at radius 1 is 1.28 bits per heavy atom. The minimum atomic E-state index is 0.699. The monoisotopic (exact) mass is 251 g/mol. The molecule has 102 valence electrons. The average molecular weight is 251 g/mol. The zero-order valence-corrected chi connectivity index (χ0v) is 11.7. The molecule has 1 saturated carbocycles. The number of aryl methyl sites for hydroxylation is 1. The molecular formula is C14H25N3O. The van der Waals surface area contributed by atoms with E-state index in [-0.39, 0.29) is 0 Å².